The Kier molecular flexibility index (Phi) is 1.57. The summed E-state index contributed by atoms with van der Waals surface area (Å²) in [5, 5.41) is 18.8. The van der Waals surface area contributed by atoms with Crippen LogP contribution in [0.2, 0.25) is 0 Å². The smallest absolute Gasteiger partial charge is 0.0627 e. The van der Waals surface area contributed by atoms with Crippen LogP contribution in [0.4, 0.5) is 0 Å². The maximum Gasteiger partial charge on any atom is 0.0627 e. The third-order valence-electron chi connectivity index (χ3n) is 2.37. The molecule has 0 unspecified atom stereocenters. The molecule has 0 spiro atoms. The Labute approximate surface area is 61.9 Å². The van der Waals surface area contributed by atoms with Crippen LogP contribution in [0.5, 0.6) is 0 Å². The van der Waals surface area contributed by atoms with Crippen molar-refractivity contribution in [2.45, 2.75) is 44.8 Å². The van der Waals surface area contributed by atoms with E-state index in [0.29, 0.717) is 0 Å². The number of hydrogen-bond donors (Lipinski definition) is 2. The molecule has 0 aliphatic heterocycles. The summed E-state index contributed by atoms with van der Waals surface area (Å²) in [5.41, 5.74) is -1.12. The van der Waals surface area contributed by atoms with Gasteiger partial charge in [-0.1, -0.05) is 0 Å². The molecule has 60 valence electrons. The lowest BCUT2D eigenvalue weighted by molar-refractivity contribution is -0.129. The molecule has 1 rings (SSSR count). The number of aliphatic hydroxyl groups is 2. The van der Waals surface area contributed by atoms with Gasteiger partial charge in [0.25, 0.3) is 0 Å². The molecule has 0 aromatic heterocycles. The highest BCUT2D eigenvalue weighted by molar-refractivity contribution is 4.97. The molecule has 10 heavy (non-hydrogen) atoms. The Bertz CT molecular complexity index is 125. The van der Waals surface area contributed by atoms with Gasteiger partial charge in [0, 0.05) is 0 Å². The van der Waals surface area contributed by atoms with E-state index in [1.54, 1.807) is 13.8 Å². The van der Waals surface area contributed by atoms with Crippen LogP contribution in [-0.4, -0.2) is 21.4 Å². The van der Waals surface area contributed by atoms with Crippen molar-refractivity contribution in [3.8, 4) is 0 Å². The van der Waals surface area contributed by atoms with E-state index in [1.807, 2.05) is 6.92 Å². The van der Waals surface area contributed by atoms with Gasteiger partial charge in [-0.25, -0.2) is 0 Å². The molecular formula is C8H16O2. The maximum atomic E-state index is 9.46. The zero-order valence-corrected chi connectivity index (χ0v) is 6.89. The average Bonchev–Trinajstić information content (AvgIpc) is 1.56. The van der Waals surface area contributed by atoms with Crippen LogP contribution >= 0.6 is 0 Å². The van der Waals surface area contributed by atoms with Crippen molar-refractivity contribution in [3.05, 3.63) is 0 Å². The first-order chi connectivity index (χ1) is 4.31. The van der Waals surface area contributed by atoms with Crippen molar-refractivity contribution in [3.63, 3.8) is 0 Å². The van der Waals surface area contributed by atoms with Crippen molar-refractivity contribution in [2.75, 3.05) is 0 Å². The van der Waals surface area contributed by atoms with E-state index in [0.717, 1.165) is 12.8 Å². The lowest BCUT2D eigenvalue weighted by Gasteiger charge is -2.46. The Morgan fingerprint density at radius 2 is 1.80 bits per heavy atom. The van der Waals surface area contributed by atoms with E-state index >= 15 is 0 Å². The maximum absolute atomic E-state index is 9.46. The Morgan fingerprint density at radius 1 is 1.40 bits per heavy atom. The van der Waals surface area contributed by atoms with E-state index in [-0.39, 0.29) is 5.92 Å². The molecule has 0 radical (unpaired) electrons. The highest BCUT2D eigenvalue weighted by Crippen LogP contribution is 2.43. The van der Waals surface area contributed by atoms with Crippen LogP contribution in [0.3, 0.4) is 0 Å². The molecular weight excluding hydrogens is 128 g/mol. The standard InChI is InChI=1S/C8H16O2/c1-7(2,9)6-4-8(3,10)5-6/h6,9-10H,4-5H2,1-3H3. The Balaban J connectivity index is 2.40. The van der Waals surface area contributed by atoms with Gasteiger partial charge in [0.05, 0.1) is 11.2 Å². The molecule has 0 amide bonds. The van der Waals surface area contributed by atoms with Gasteiger partial charge in [0.2, 0.25) is 0 Å². The molecule has 0 heterocycles. The lowest BCUT2D eigenvalue weighted by Crippen LogP contribution is -2.50. The summed E-state index contributed by atoms with van der Waals surface area (Å²) in [6.45, 7) is 5.41. The van der Waals surface area contributed by atoms with Crippen LogP contribution in [-0.2, 0) is 0 Å². The Hall–Kier alpha value is -0.0800. The molecule has 0 aromatic rings. The van der Waals surface area contributed by atoms with Gasteiger partial charge < -0.3 is 10.2 Å². The second kappa shape index (κ2) is 1.95. The van der Waals surface area contributed by atoms with Crippen molar-refractivity contribution >= 4 is 0 Å². The first-order valence-corrected chi connectivity index (χ1v) is 3.76. The van der Waals surface area contributed by atoms with Gasteiger partial charge in [-0.3, -0.25) is 0 Å². The fraction of sp³-hybridized carbons (Fsp3) is 1.00. The monoisotopic (exact) mass is 144 g/mol. The zero-order chi connectivity index (χ0) is 7.99. The predicted molar refractivity (Wildman–Crippen MR) is 39.6 cm³/mol. The van der Waals surface area contributed by atoms with Gasteiger partial charge in [-0.15, -0.1) is 0 Å². The molecule has 1 fully saturated rings. The molecule has 1 aliphatic rings. The summed E-state index contributed by atoms with van der Waals surface area (Å²) in [6.07, 6.45) is 1.47. The average molecular weight is 144 g/mol. The molecule has 2 nitrogen and oxygen atoms in total. The van der Waals surface area contributed by atoms with Crippen LogP contribution in [0.1, 0.15) is 33.6 Å². The largest absolute Gasteiger partial charge is 0.390 e. The van der Waals surface area contributed by atoms with E-state index in [2.05, 4.69) is 0 Å². The van der Waals surface area contributed by atoms with Crippen molar-refractivity contribution < 1.29 is 10.2 Å². The molecule has 1 aliphatic carbocycles. The highest BCUT2D eigenvalue weighted by Gasteiger charge is 2.45. The second-order valence-corrected chi connectivity index (χ2v) is 4.26. The summed E-state index contributed by atoms with van der Waals surface area (Å²) in [4.78, 5) is 0. The first kappa shape index (κ1) is 8.02. The van der Waals surface area contributed by atoms with Gasteiger partial charge >= 0.3 is 0 Å². The molecule has 2 N–H and O–H groups in total. The third kappa shape index (κ3) is 1.50. The SMILES string of the molecule is CC1(O)CC(C(C)(C)O)C1. The zero-order valence-electron chi connectivity index (χ0n) is 6.89. The Morgan fingerprint density at radius 3 is 1.90 bits per heavy atom. The quantitative estimate of drug-likeness (QED) is 0.574. The fourth-order valence-corrected chi connectivity index (χ4v) is 1.50. The minimum absolute atomic E-state index is 0.280. The molecule has 2 heteroatoms. The molecule has 0 aromatic carbocycles. The number of hydrogen-bond acceptors (Lipinski definition) is 2. The van der Waals surface area contributed by atoms with E-state index in [4.69, 9.17) is 0 Å². The van der Waals surface area contributed by atoms with Crippen molar-refractivity contribution in [1.82, 2.24) is 0 Å². The normalized spacial score (nSPS) is 41.1. The first-order valence-electron chi connectivity index (χ1n) is 3.76. The van der Waals surface area contributed by atoms with E-state index in [9.17, 15) is 10.2 Å². The summed E-state index contributed by atoms with van der Waals surface area (Å²) in [5.74, 6) is 0.280. The minimum Gasteiger partial charge on any atom is -0.390 e. The van der Waals surface area contributed by atoms with Crippen LogP contribution in [0, 0.1) is 5.92 Å². The fourth-order valence-electron chi connectivity index (χ4n) is 1.50. The minimum atomic E-state index is -0.609. The highest BCUT2D eigenvalue weighted by atomic mass is 16.3. The van der Waals surface area contributed by atoms with Crippen molar-refractivity contribution in [1.29, 1.82) is 0 Å². The molecule has 0 atom stereocenters. The molecule has 0 bridgehead atoms. The van der Waals surface area contributed by atoms with Crippen molar-refractivity contribution in [2.24, 2.45) is 5.92 Å². The second-order valence-electron chi connectivity index (χ2n) is 4.26. The third-order valence-corrected chi connectivity index (χ3v) is 2.37. The van der Waals surface area contributed by atoms with E-state index < -0.39 is 11.2 Å². The predicted octanol–water partition coefficient (Wildman–Crippen LogP) is 0.918. The van der Waals surface area contributed by atoms with Gasteiger partial charge in [0.1, 0.15) is 0 Å². The summed E-state index contributed by atoms with van der Waals surface area (Å²) < 4.78 is 0. The molecule has 0 saturated heterocycles. The topological polar surface area (TPSA) is 40.5 Å². The summed E-state index contributed by atoms with van der Waals surface area (Å²) in [7, 11) is 0. The van der Waals surface area contributed by atoms with Crippen LogP contribution in [0.25, 0.3) is 0 Å². The van der Waals surface area contributed by atoms with Gasteiger partial charge in [-0.05, 0) is 39.5 Å². The van der Waals surface area contributed by atoms with Gasteiger partial charge in [-0.2, -0.15) is 0 Å². The molecule has 1 saturated carbocycles. The van der Waals surface area contributed by atoms with Crippen LogP contribution < -0.4 is 0 Å². The summed E-state index contributed by atoms with van der Waals surface area (Å²) in [6, 6.07) is 0. The summed E-state index contributed by atoms with van der Waals surface area (Å²) >= 11 is 0. The van der Waals surface area contributed by atoms with Crippen LogP contribution in [0.15, 0.2) is 0 Å². The van der Waals surface area contributed by atoms with Gasteiger partial charge in [0.15, 0.2) is 0 Å². The lowest BCUT2D eigenvalue weighted by atomic mass is 9.65. The number of rotatable bonds is 1. The van der Waals surface area contributed by atoms with E-state index in [1.165, 1.54) is 0 Å².